The summed E-state index contributed by atoms with van der Waals surface area (Å²) in [5.41, 5.74) is 1.65. The van der Waals surface area contributed by atoms with Crippen molar-refractivity contribution >= 4 is 40.9 Å². The van der Waals surface area contributed by atoms with Crippen LogP contribution in [0.1, 0.15) is 21.7 Å². The molecule has 2 heterocycles. The Morgan fingerprint density at radius 2 is 2.07 bits per heavy atom. The SMILES string of the molecule is Cc1cccc(C(=O)N2CCSc3nnc(COc4cc(Cl)ccc4Cl)n32)c1. The number of carbonyl (C=O) groups excluding carboxylic acids is 1. The molecule has 144 valence electrons. The first-order chi connectivity index (χ1) is 13.5. The van der Waals surface area contributed by atoms with E-state index in [4.69, 9.17) is 27.9 Å². The van der Waals surface area contributed by atoms with Gasteiger partial charge in [-0.3, -0.25) is 4.79 Å². The van der Waals surface area contributed by atoms with Crippen LogP contribution in [0.2, 0.25) is 10.0 Å². The lowest BCUT2D eigenvalue weighted by Crippen LogP contribution is -2.45. The third kappa shape index (κ3) is 3.83. The van der Waals surface area contributed by atoms with E-state index in [1.54, 1.807) is 39.6 Å². The fraction of sp³-hybridized carbons (Fsp3) is 0.211. The molecule has 1 amide bonds. The van der Waals surface area contributed by atoms with Gasteiger partial charge in [0.1, 0.15) is 12.4 Å². The summed E-state index contributed by atoms with van der Waals surface area (Å²) in [5, 5.41) is 11.7. The summed E-state index contributed by atoms with van der Waals surface area (Å²) < 4.78 is 7.51. The molecular formula is C19H16Cl2N4O2S. The van der Waals surface area contributed by atoms with Crippen molar-refractivity contribution in [1.29, 1.82) is 0 Å². The van der Waals surface area contributed by atoms with Gasteiger partial charge >= 0.3 is 0 Å². The van der Waals surface area contributed by atoms with Gasteiger partial charge < -0.3 is 4.74 Å². The van der Waals surface area contributed by atoms with Gasteiger partial charge in [-0.2, -0.15) is 0 Å². The number of carbonyl (C=O) groups is 1. The van der Waals surface area contributed by atoms with Crippen molar-refractivity contribution in [3.8, 4) is 5.75 Å². The third-order valence-corrected chi connectivity index (χ3v) is 5.65. The zero-order valence-corrected chi connectivity index (χ0v) is 17.3. The summed E-state index contributed by atoms with van der Waals surface area (Å²) in [7, 11) is 0. The number of hydrogen-bond acceptors (Lipinski definition) is 5. The summed E-state index contributed by atoms with van der Waals surface area (Å²) in [6.07, 6.45) is 0. The van der Waals surface area contributed by atoms with Crippen molar-refractivity contribution in [1.82, 2.24) is 14.9 Å². The Balaban J connectivity index is 1.61. The Labute approximate surface area is 176 Å². The molecular weight excluding hydrogens is 419 g/mol. The van der Waals surface area contributed by atoms with Crippen LogP contribution in [0, 0.1) is 6.92 Å². The molecule has 6 nitrogen and oxygen atoms in total. The number of aryl methyl sites for hydroxylation is 1. The minimum atomic E-state index is -0.105. The second-order valence-electron chi connectivity index (χ2n) is 6.22. The van der Waals surface area contributed by atoms with Gasteiger partial charge in [0.05, 0.1) is 11.6 Å². The lowest BCUT2D eigenvalue weighted by atomic mass is 10.1. The van der Waals surface area contributed by atoms with Crippen LogP contribution in [-0.4, -0.2) is 33.1 Å². The topological polar surface area (TPSA) is 60.3 Å². The van der Waals surface area contributed by atoms with Crippen LogP contribution in [-0.2, 0) is 6.61 Å². The van der Waals surface area contributed by atoms with E-state index in [0.717, 1.165) is 11.3 Å². The predicted octanol–water partition coefficient (Wildman–Crippen LogP) is 4.36. The van der Waals surface area contributed by atoms with Gasteiger partial charge in [0.25, 0.3) is 5.91 Å². The standard InChI is InChI=1S/C19H16Cl2N4O2S/c1-12-3-2-4-13(9-12)18(26)24-7-8-28-19-23-22-17(25(19)24)11-27-16-10-14(20)5-6-15(16)21/h2-6,9-10H,7-8,11H2,1H3. The van der Waals surface area contributed by atoms with E-state index in [-0.39, 0.29) is 12.5 Å². The first kappa shape index (κ1) is 19.1. The molecule has 0 spiro atoms. The first-order valence-electron chi connectivity index (χ1n) is 8.56. The third-order valence-electron chi connectivity index (χ3n) is 4.20. The zero-order valence-electron chi connectivity index (χ0n) is 14.9. The number of benzene rings is 2. The van der Waals surface area contributed by atoms with Crippen LogP contribution >= 0.6 is 35.0 Å². The summed E-state index contributed by atoms with van der Waals surface area (Å²) >= 11 is 13.7. The van der Waals surface area contributed by atoms with E-state index in [9.17, 15) is 4.79 Å². The maximum atomic E-state index is 13.1. The Morgan fingerprint density at radius 1 is 1.21 bits per heavy atom. The Kier molecular flexibility index (Phi) is 5.48. The van der Waals surface area contributed by atoms with Crippen LogP contribution in [0.5, 0.6) is 5.75 Å². The van der Waals surface area contributed by atoms with Crippen molar-refractivity contribution in [2.75, 3.05) is 17.3 Å². The summed E-state index contributed by atoms with van der Waals surface area (Å²) in [5.74, 6) is 1.61. The number of amides is 1. The van der Waals surface area contributed by atoms with Crippen molar-refractivity contribution in [3.63, 3.8) is 0 Å². The van der Waals surface area contributed by atoms with Gasteiger partial charge in [0, 0.05) is 22.4 Å². The zero-order chi connectivity index (χ0) is 19.7. The second-order valence-corrected chi connectivity index (χ2v) is 8.13. The predicted molar refractivity (Wildman–Crippen MR) is 110 cm³/mol. The monoisotopic (exact) mass is 434 g/mol. The highest BCUT2D eigenvalue weighted by Crippen LogP contribution is 2.29. The number of rotatable bonds is 4. The quantitative estimate of drug-likeness (QED) is 0.610. The molecule has 0 saturated heterocycles. The Hall–Kier alpha value is -2.22. The molecule has 1 aliphatic heterocycles. The molecule has 0 fully saturated rings. The average Bonchev–Trinajstić information content (AvgIpc) is 3.11. The molecule has 9 heteroatoms. The van der Waals surface area contributed by atoms with Gasteiger partial charge in [0.2, 0.25) is 5.16 Å². The fourth-order valence-electron chi connectivity index (χ4n) is 2.89. The number of aromatic nitrogens is 3. The molecule has 1 aromatic heterocycles. The van der Waals surface area contributed by atoms with Gasteiger partial charge in [-0.25, -0.2) is 9.69 Å². The smallest absolute Gasteiger partial charge is 0.272 e. The van der Waals surface area contributed by atoms with Crippen LogP contribution in [0.3, 0.4) is 0 Å². The first-order valence-corrected chi connectivity index (χ1v) is 10.3. The number of hydrogen-bond donors (Lipinski definition) is 0. The molecule has 4 rings (SSSR count). The molecule has 0 atom stereocenters. The van der Waals surface area contributed by atoms with Crippen LogP contribution in [0.25, 0.3) is 0 Å². The van der Waals surface area contributed by atoms with Gasteiger partial charge in [-0.1, -0.05) is 52.7 Å². The maximum absolute atomic E-state index is 13.1. The lowest BCUT2D eigenvalue weighted by Gasteiger charge is -2.29. The van der Waals surface area contributed by atoms with E-state index >= 15 is 0 Å². The molecule has 0 aliphatic carbocycles. The van der Waals surface area contributed by atoms with E-state index in [1.165, 1.54) is 0 Å². The van der Waals surface area contributed by atoms with Crippen LogP contribution in [0.15, 0.2) is 47.6 Å². The molecule has 28 heavy (non-hydrogen) atoms. The summed E-state index contributed by atoms with van der Waals surface area (Å²) in [6.45, 7) is 2.61. The molecule has 1 aliphatic rings. The summed E-state index contributed by atoms with van der Waals surface area (Å²) in [6, 6.07) is 12.5. The molecule has 0 N–H and O–H groups in total. The number of thioether (sulfide) groups is 1. The van der Waals surface area contributed by atoms with Gasteiger partial charge in [0.15, 0.2) is 5.82 Å². The summed E-state index contributed by atoms with van der Waals surface area (Å²) in [4.78, 5) is 13.1. The van der Waals surface area contributed by atoms with Gasteiger partial charge in [-0.05, 0) is 31.2 Å². The van der Waals surface area contributed by atoms with E-state index < -0.39 is 0 Å². The van der Waals surface area contributed by atoms with E-state index in [0.29, 0.717) is 38.9 Å². The van der Waals surface area contributed by atoms with E-state index in [1.807, 2.05) is 31.2 Å². The number of ether oxygens (including phenoxy) is 1. The molecule has 0 radical (unpaired) electrons. The van der Waals surface area contributed by atoms with Crippen molar-refractivity contribution < 1.29 is 9.53 Å². The number of nitrogens with zero attached hydrogens (tertiary/aromatic N) is 4. The van der Waals surface area contributed by atoms with Crippen molar-refractivity contribution in [2.24, 2.45) is 0 Å². The average molecular weight is 435 g/mol. The minimum absolute atomic E-state index is 0.102. The van der Waals surface area contributed by atoms with Gasteiger partial charge in [-0.15, -0.1) is 10.2 Å². The van der Waals surface area contributed by atoms with Crippen LogP contribution < -0.4 is 9.75 Å². The number of fused-ring (bicyclic) bond motifs is 1. The Bertz CT molecular complexity index is 1040. The molecule has 0 unspecified atom stereocenters. The maximum Gasteiger partial charge on any atom is 0.272 e. The van der Waals surface area contributed by atoms with E-state index in [2.05, 4.69) is 10.2 Å². The highest BCUT2D eigenvalue weighted by atomic mass is 35.5. The second kappa shape index (κ2) is 8.03. The normalized spacial score (nSPS) is 13.3. The fourth-order valence-corrected chi connectivity index (χ4v) is 4.10. The molecule has 0 saturated carbocycles. The largest absolute Gasteiger partial charge is 0.484 e. The van der Waals surface area contributed by atoms with Crippen molar-refractivity contribution in [2.45, 2.75) is 18.7 Å². The van der Waals surface area contributed by atoms with Crippen LogP contribution in [0.4, 0.5) is 0 Å². The molecule has 0 bridgehead atoms. The highest BCUT2D eigenvalue weighted by molar-refractivity contribution is 7.99. The lowest BCUT2D eigenvalue weighted by molar-refractivity contribution is 0.0952. The Morgan fingerprint density at radius 3 is 2.89 bits per heavy atom. The minimum Gasteiger partial charge on any atom is -0.484 e. The highest BCUT2D eigenvalue weighted by Gasteiger charge is 2.28. The number of halogens is 2. The molecule has 2 aromatic carbocycles. The molecule has 3 aromatic rings. The van der Waals surface area contributed by atoms with Crippen molar-refractivity contribution in [3.05, 3.63) is 69.5 Å².